The molecule has 2 aromatic heterocycles. The first-order chi connectivity index (χ1) is 26.0. The van der Waals surface area contributed by atoms with E-state index in [9.17, 15) is 8.42 Å². The van der Waals surface area contributed by atoms with Crippen molar-refractivity contribution in [2.45, 2.75) is 82.6 Å². The molecular weight excluding hydrogens is 697 g/mol. The van der Waals surface area contributed by atoms with Crippen LogP contribution in [0.2, 0.25) is 0 Å². The van der Waals surface area contributed by atoms with Gasteiger partial charge in [-0.25, -0.2) is 4.98 Å². The molecule has 3 fully saturated rings. The summed E-state index contributed by atoms with van der Waals surface area (Å²) in [5.74, 6) is 2.81. The monoisotopic (exact) mass is 746 g/mol. The average Bonchev–Trinajstić information content (AvgIpc) is 3.65. The maximum Gasteiger partial charge on any atom is 0.301 e. The summed E-state index contributed by atoms with van der Waals surface area (Å²) in [4.78, 5) is 25.7. The number of ether oxygens (including phenoxy) is 1. The maximum absolute atomic E-state index is 15.1. The number of hydrogen-bond acceptors (Lipinski definition) is 5. The Morgan fingerprint density at radius 3 is 2.52 bits per heavy atom. The predicted molar refractivity (Wildman–Crippen MR) is 214 cm³/mol. The lowest BCUT2D eigenvalue weighted by Gasteiger charge is -2.34. The molecule has 10 nitrogen and oxygen atoms in total. The van der Waals surface area contributed by atoms with Gasteiger partial charge in [0.15, 0.2) is 0 Å². The first-order valence-corrected chi connectivity index (χ1v) is 20.9. The normalized spacial score (nSPS) is 21.8. The summed E-state index contributed by atoms with van der Waals surface area (Å²) in [6, 6.07) is 19.0. The van der Waals surface area contributed by atoms with Gasteiger partial charge in [-0.1, -0.05) is 44.0 Å². The minimum atomic E-state index is -3.74. The molecule has 0 spiro atoms. The summed E-state index contributed by atoms with van der Waals surface area (Å²) < 4.78 is 37.6. The first-order valence-electron chi connectivity index (χ1n) is 19.5. The Balaban J connectivity index is 1.12. The molecule has 2 N–H and O–H groups in total. The smallest absolute Gasteiger partial charge is 0.301 e. The Labute approximate surface area is 317 Å². The summed E-state index contributed by atoms with van der Waals surface area (Å²) in [5, 5.41) is 1.18. The molecule has 2 unspecified atom stereocenters. The molecule has 2 aliphatic heterocycles. The fourth-order valence-electron chi connectivity index (χ4n) is 9.78. The van der Waals surface area contributed by atoms with E-state index in [0.29, 0.717) is 36.8 Å². The third kappa shape index (κ3) is 5.73. The number of fused-ring (bicyclic) bond motifs is 8. The highest BCUT2D eigenvalue weighted by molar-refractivity contribution is 7.87. The zero-order chi connectivity index (χ0) is 37.5. The van der Waals surface area contributed by atoms with Crippen molar-refractivity contribution in [3.05, 3.63) is 89.3 Å². The molecule has 4 aliphatic rings. The number of amides is 1. The number of carbonyl (C=O) groups excluding carboxylic acids is 1. The van der Waals surface area contributed by atoms with E-state index in [2.05, 4.69) is 81.2 Å². The van der Waals surface area contributed by atoms with Crippen LogP contribution in [0, 0.1) is 12.3 Å². The van der Waals surface area contributed by atoms with Gasteiger partial charge < -0.3 is 19.2 Å². The van der Waals surface area contributed by atoms with E-state index in [4.69, 9.17) is 9.72 Å². The highest BCUT2D eigenvalue weighted by Crippen LogP contribution is 2.66. The molecule has 0 bridgehead atoms. The quantitative estimate of drug-likeness (QED) is 0.168. The van der Waals surface area contributed by atoms with E-state index in [1.807, 2.05) is 6.07 Å². The molecule has 11 heteroatoms. The maximum atomic E-state index is 15.1. The Hall–Kier alpha value is -4.61. The predicted octanol–water partition coefficient (Wildman–Crippen LogP) is 7.81. The molecule has 1 saturated heterocycles. The number of methoxy groups -OCH3 is 1. The van der Waals surface area contributed by atoms with Crippen LogP contribution in [0.15, 0.2) is 61.2 Å². The van der Waals surface area contributed by atoms with Crippen LogP contribution in [-0.2, 0) is 21.5 Å². The van der Waals surface area contributed by atoms with Crippen molar-refractivity contribution in [3.8, 4) is 17.0 Å². The second kappa shape index (κ2) is 13.0. The number of piperidine rings is 1. The van der Waals surface area contributed by atoms with Gasteiger partial charge in [-0.2, -0.15) is 12.7 Å². The van der Waals surface area contributed by atoms with Gasteiger partial charge in [0.05, 0.1) is 29.3 Å². The van der Waals surface area contributed by atoms with Crippen molar-refractivity contribution in [3.63, 3.8) is 0 Å². The summed E-state index contributed by atoms with van der Waals surface area (Å²) >= 11 is 0. The van der Waals surface area contributed by atoms with Crippen molar-refractivity contribution in [1.82, 2.24) is 28.5 Å². The van der Waals surface area contributed by atoms with Gasteiger partial charge in [0.2, 0.25) is 5.91 Å². The number of carbonyl (C=O) groups is 1. The Bertz CT molecular complexity index is 2430. The number of hydrogen-bond donors (Lipinski definition) is 2. The number of benzene rings is 3. The van der Waals surface area contributed by atoms with Gasteiger partial charge in [-0.3, -0.25) is 9.52 Å². The zero-order valence-electron chi connectivity index (χ0n) is 31.7. The van der Waals surface area contributed by atoms with Crippen molar-refractivity contribution in [2.24, 2.45) is 5.41 Å². The van der Waals surface area contributed by atoms with Gasteiger partial charge in [-0.05, 0) is 98.0 Å². The molecule has 54 heavy (non-hydrogen) atoms. The minimum absolute atomic E-state index is 0.0747. The van der Waals surface area contributed by atoms with E-state index in [1.54, 1.807) is 7.11 Å². The molecule has 2 atom stereocenters. The van der Waals surface area contributed by atoms with Crippen molar-refractivity contribution < 1.29 is 17.9 Å². The molecule has 0 radical (unpaired) electrons. The summed E-state index contributed by atoms with van der Waals surface area (Å²) in [6.45, 7) is 8.20. The van der Waals surface area contributed by atoms with Crippen LogP contribution in [0.3, 0.4) is 0 Å². The zero-order valence-corrected chi connectivity index (χ0v) is 32.6. The van der Waals surface area contributed by atoms with Gasteiger partial charge in [0.25, 0.3) is 0 Å². The number of likely N-dealkylation sites (tertiary alicyclic amines) is 1. The molecule has 2 aliphatic carbocycles. The lowest BCUT2D eigenvalue weighted by molar-refractivity contribution is -0.138. The number of aromatic nitrogens is 3. The number of aromatic amines is 1. The lowest BCUT2D eigenvalue weighted by Crippen LogP contribution is -2.44. The highest BCUT2D eigenvalue weighted by atomic mass is 32.2. The van der Waals surface area contributed by atoms with Crippen LogP contribution >= 0.6 is 0 Å². The number of aryl methyl sites for hydroxylation is 1. The fraction of sp³-hybridized carbons (Fsp3) is 0.442. The number of nitrogens with zero attached hydrogens (tertiary/aromatic N) is 4. The third-order valence-corrected chi connectivity index (χ3v) is 14.3. The van der Waals surface area contributed by atoms with Crippen LogP contribution in [0.1, 0.15) is 97.2 Å². The molecule has 282 valence electrons. The topological polar surface area (TPSA) is 113 Å². The minimum Gasteiger partial charge on any atom is -0.497 e. The summed E-state index contributed by atoms with van der Waals surface area (Å²) in [6.07, 6.45) is 8.41. The fourth-order valence-corrected chi connectivity index (χ4v) is 10.4. The second-order valence-electron chi connectivity index (χ2n) is 16.4. The standard InChI is InChI=1S/C43H50N6O4S/c1-26-11-16-36-37(21-26)45-41(44-36)29-17-19-48(20-18-29)42(50)43-24-35(43)34-23-31(53-5)13-15-32(34)40-39(28-9-7-6-8-10-28)33-14-12-30(22-38(33)49(40)25-43)27(2)46-54(51,52)47(3)4/h11-16,21-23,28-29,35,46H,2,6-10,17-20,24-25H2,1,3-5H3,(H,44,45). The SMILES string of the molecule is C=C(NS(=O)(=O)N(C)C)c1ccc2c(C3CCCCC3)c3n(c2c1)CC1(C(=O)N2CCC(c4nc5ccc(C)cc5[nH]4)CC2)CC1c1cc(OC)ccc1-3. The first kappa shape index (κ1) is 35.1. The van der Waals surface area contributed by atoms with Crippen molar-refractivity contribution >= 4 is 43.7 Å². The van der Waals surface area contributed by atoms with Crippen LogP contribution in [0.5, 0.6) is 5.75 Å². The molecule has 3 aromatic carbocycles. The van der Waals surface area contributed by atoms with Crippen LogP contribution < -0.4 is 9.46 Å². The van der Waals surface area contributed by atoms with E-state index in [-0.39, 0.29) is 17.7 Å². The third-order valence-electron chi connectivity index (χ3n) is 12.9. The Morgan fingerprint density at radius 2 is 1.78 bits per heavy atom. The van der Waals surface area contributed by atoms with E-state index < -0.39 is 15.6 Å². The number of H-pyrrole nitrogens is 1. The van der Waals surface area contributed by atoms with Gasteiger partial charge in [0, 0.05) is 73.3 Å². The molecular formula is C43H50N6O4S. The van der Waals surface area contributed by atoms with Crippen LogP contribution in [0.4, 0.5) is 0 Å². The molecule has 1 amide bonds. The molecule has 4 heterocycles. The van der Waals surface area contributed by atoms with E-state index in [0.717, 1.165) is 64.5 Å². The van der Waals surface area contributed by atoms with Crippen molar-refractivity contribution in [1.29, 1.82) is 0 Å². The number of nitrogens with one attached hydrogen (secondary N) is 2. The molecule has 5 aromatic rings. The lowest BCUT2D eigenvalue weighted by atomic mass is 9.81. The molecule has 2 saturated carbocycles. The molecule has 9 rings (SSSR count). The van der Waals surface area contributed by atoms with E-state index >= 15 is 4.79 Å². The van der Waals surface area contributed by atoms with Crippen LogP contribution in [-0.4, -0.2) is 72.4 Å². The Morgan fingerprint density at radius 1 is 1.00 bits per heavy atom. The largest absolute Gasteiger partial charge is 0.497 e. The summed E-state index contributed by atoms with van der Waals surface area (Å²) in [7, 11) is 0.970. The number of rotatable bonds is 8. The van der Waals surface area contributed by atoms with Crippen molar-refractivity contribution in [2.75, 3.05) is 34.3 Å². The van der Waals surface area contributed by atoms with Gasteiger partial charge in [0.1, 0.15) is 11.6 Å². The number of imidazole rings is 1. The Kier molecular flexibility index (Phi) is 8.46. The van der Waals surface area contributed by atoms with Gasteiger partial charge >= 0.3 is 10.2 Å². The van der Waals surface area contributed by atoms with E-state index in [1.165, 1.54) is 66.7 Å². The van der Waals surface area contributed by atoms with Gasteiger partial charge in [-0.15, -0.1) is 0 Å². The highest BCUT2D eigenvalue weighted by Gasteiger charge is 2.64. The van der Waals surface area contributed by atoms with Crippen LogP contribution in [0.25, 0.3) is 38.9 Å². The average molecular weight is 747 g/mol. The second-order valence-corrected chi connectivity index (χ2v) is 18.2. The summed E-state index contributed by atoms with van der Waals surface area (Å²) in [5.41, 5.74) is 9.64.